The van der Waals surface area contributed by atoms with Crippen molar-refractivity contribution in [2.24, 2.45) is 0 Å². The molecule has 3 aromatic rings. The zero-order valence-electron chi connectivity index (χ0n) is 21.7. The van der Waals surface area contributed by atoms with Gasteiger partial charge in [-0.3, -0.25) is 4.79 Å². The average Bonchev–Trinajstić information content (AvgIpc) is 3.46. The van der Waals surface area contributed by atoms with Crippen LogP contribution in [0.3, 0.4) is 0 Å². The molecule has 0 spiro atoms. The lowest BCUT2D eigenvalue weighted by atomic mass is 9.98. The zero-order chi connectivity index (χ0) is 27.7. The predicted octanol–water partition coefficient (Wildman–Crippen LogP) is 6.31. The quantitative estimate of drug-likeness (QED) is 0.311. The second-order valence-electron chi connectivity index (χ2n) is 10.5. The first-order valence-corrected chi connectivity index (χ1v) is 12.9. The zero-order valence-corrected chi connectivity index (χ0v) is 21.7. The lowest BCUT2D eigenvalue weighted by Gasteiger charge is -2.18. The molecule has 2 atom stereocenters. The minimum Gasteiger partial charge on any atom is -0.493 e. The normalized spacial score (nSPS) is 17.8. The van der Waals surface area contributed by atoms with Gasteiger partial charge in [0.2, 0.25) is 0 Å². The Kier molecular flexibility index (Phi) is 7.36. The van der Waals surface area contributed by atoms with Gasteiger partial charge in [0.1, 0.15) is 34.9 Å². The van der Waals surface area contributed by atoms with Gasteiger partial charge in [0, 0.05) is 41.2 Å². The highest BCUT2D eigenvalue weighted by atomic mass is 19.1. The molecule has 7 nitrogen and oxygen atoms in total. The molecule has 206 valence electrons. The summed E-state index contributed by atoms with van der Waals surface area (Å²) in [5, 5.41) is 19.0. The van der Waals surface area contributed by atoms with Crippen molar-refractivity contribution in [2.45, 2.75) is 57.2 Å². The molecule has 0 unspecified atom stereocenters. The van der Waals surface area contributed by atoms with Crippen LogP contribution in [0.5, 0.6) is 28.7 Å². The molecule has 3 aromatic carbocycles. The van der Waals surface area contributed by atoms with Gasteiger partial charge >= 0.3 is 5.97 Å². The first-order valence-electron chi connectivity index (χ1n) is 12.9. The molecule has 0 fully saturated rings. The third-order valence-electron chi connectivity index (χ3n) is 6.91. The summed E-state index contributed by atoms with van der Waals surface area (Å²) in [5.74, 6) is -0.431. The van der Waals surface area contributed by atoms with Gasteiger partial charge in [0.15, 0.2) is 11.6 Å². The number of benzene rings is 3. The smallest absolute Gasteiger partial charge is 0.304 e. The number of hydrogen-bond acceptors (Lipinski definition) is 6. The van der Waals surface area contributed by atoms with Gasteiger partial charge in [-0.15, -0.1) is 0 Å². The van der Waals surface area contributed by atoms with Gasteiger partial charge in [0.05, 0.1) is 25.2 Å². The molecule has 0 bridgehead atoms. The fraction of sp³-hybridized carbons (Fsp3) is 0.367. The minimum atomic E-state index is -0.891. The SMILES string of the molecule is CC(C)(O)CCOc1ccc(F)c(Oc2ccc(F)c3c2CC[C@H]3Oc2ccc3c(c2)OC[C@H]3CC(=O)O)c1. The fourth-order valence-electron chi connectivity index (χ4n) is 4.92. The first kappa shape index (κ1) is 26.7. The van der Waals surface area contributed by atoms with Crippen LogP contribution in [0.2, 0.25) is 0 Å². The van der Waals surface area contributed by atoms with Gasteiger partial charge in [-0.2, -0.15) is 0 Å². The molecule has 9 heteroatoms. The second-order valence-corrected chi connectivity index (χ2v) is 10.5. The molecule has 0 amide bonds. The molecule has 1 aliphatic heterocycles. The Morgan fingerprint density at radius 1 is 1.05 bits per heavy atom. The molecule has 0 aromatic heterocycles. The summed E-state index contributed by atoms with van der Waals surface area (Å²) in [4.78, 5) is 11.1. The number of rotatable bonds is 10. The van der Waals surface area contributed by atoms with E-state index in [9.17, 15) is 14.3 Å². The van der Waals surface area contributed by atoms with Gasteiger partial charge in [-0.1, -0.05) is 6.07 Å². The molecule has 2 aliphatic rings. The van der Waals surface area contributed by atoms with Gasteiger partial charge in [0.25, 0.3) is 0 Å². The van der Waals surface area contributed by atoms with Crippen LogP contribution in [-0.4, -0.2) is 35.0 Å². The molecule has 0 radical (unpaired) electrons. The number of hydrogen-bond donors (Lipinski definition) is 2. The Labute approximate surface area is 224 Å². The van der Waals surface area contributed by atoms with Crippen molar-refractivity contribution >= 4 is 5.97 Å². The molecule has 1 heterocycles. The molecular formula is C30H30F2O7. The molecule has 5 rings (SSSR count). The predicted molar refractivity (Wildman–Crippen MR) is 138 cm³/mol. The first-order chi connectivity index (χ1) is 18.6. The van der Waals surface area contributed by atoms with Crippen LogP contribution in [0, 0.1) is 11.6 Å². The van der Waals surface area contributed by atoms with Crippen LogP contribution in [0.25, 0.3) is 0 Å². The second kappa shape index (κ2) is 10.7. The third-order valence-corrected chi connectivity index (χ3v) is 6.91. The van der Waals surface area contributed by atoms with Crippen molar-refractivity contribution < 1.29 is 42.7 Å². The number of carbonyl (C=O) groups is 1. The van der Waals surface area contributed by atoms with E-state index < -0.39 is 29.3 Å². The molecule has 1 aliphatic carbocycles. The van der Waals surface area contributed by atoms with Crippen molar-refractivity contribution in [3.8, 4) is 28.7 Å². The van der Waals surface area contributed by atoms with Crippen molar-refractivity contribution in [1.82, 2.24) is 0 Å². The summed E-state index contributed by atoms with van der Waals surface area (Å²) in [5.41, 5.74) is 0.886. The summed E-state index contributed by atoms with van der Waals surface area (Å²) in [6, 6.07) is 12.1. The average molecular weight is 541 g/mol. The summed E-state index contributed by atoms with van der Waals surface area (Å²) in [6.07, 6.45) is 0.757. The number of aliphatic hydroxyl groups is 1. The van der Waals surface area contributed by atoms with E-state index in [1.54, 1.807) is 32.0 Å². The maximum Gasteiger partial charge on any atom is 0.304 e. The van der Waals surface area contributed by atoms with Crippen molar-refractivity contribution in [3.05, 3.63) is 76.9 Å². The monoisotopic (exact) mass is 540 g/mol. The number of halogens is 2. The van der Waals surface area contributed by atoms with Crippen LogP contribution < -0.4 is 18.9 Å². The molecule has 39 heavy (non-hydrogen) atoms. The minimum absolute atomic E-state index is 0.0202. The van der Waals surface area contributed by atoms with E-state index in [2.05, 4.69) is 0 Å². The van der Waals surface area contributed by atoms with E-state index >= 15 is 4.39 Å². The van der Waals surface area contributed by atoms with Crippen LogP contribution in [0.1, 0.15) is 61.8 Å². The van der Waals surface area contributed by atoms with E-state index in [0.717, 1.165) is 5.56 Å². The summed E-state index contributed by atoms with van der Waals surface area (Å²) < 4.78 is 53.0. The van der Waals surface area contributed by atoms with E-state index in [0.29, 0.717) is 53.4 Å². The summed E-state index contributed by atoms with van der Waals surface area (Å²) >= 11 is 0. The van der Waals surface area contributed by atoms with Crippen molar-refractivity contribution in [2.75, 3.05) is 13.2 Å². The van der Waals surface area contributed by atoms with Crippen LogP contribution >= 0.6 is 0 Å². The molecule has 0 saturated carbocycles. The highest BCUT2D eigenvalue weighted by Gasteiger charge is 2.32. The van der Waals surface area contributed by atoms with E-state index in [-0.39, 0.29) is 31.3 Å². The van der Waals surface area contributed by atoms with Crippen LogP contribution in [-0.2, 0) is 11.2 Å². The molecule has 2 N–H and O–H groups in total. The molecular weight excluding hydrogens is 510 g/mol. The number of aliphatic carboxylic acids is 1. The number of fused-ring (bicyclic) bond motifs is 2. The Hall–Kier alpha value is -3.85. The maximum absolute atomic E-state index is 15.0. The Balaban J connectivity index is 1.32. The van der Waals surface area contributed by atoms with E-state index in [4.69, 9.17) is 24.1 Å². The maximum atomic E-state index is 15.0. The topological polar surface area (TPSA) is 94.5 Å². The van der Waals surface area contributed by atoms with Crippen molar-refractivity contribution in [1.29, 1.82) is 0 Å². The van der Waals surface area contributed by atoms with E-state index in [1.165, 1.54) is 30.3 Å². The number of carboxylic acid groups (broad SMARTS) is 1. The van der Waals surface area contributed by atoms with Gasteiger partial charge in [-0.25, -0.2) is 8.78 Å². The van der Waals surface area contributed by atoms with Crippen LogP contribution in [0.15, 0.2) is 48.5 Å². The highest BCUT2D eigenvalue weighted by Crippen LogP contribution is 2.44. The Morgan fingerprint density at radius 3 is 2.59 bits per heavy atom. The number of carboxylic acids is 1. The number of ether oxygens (including phenoxy) is 4. The van der Waals surface area contributed by atoms with Gasteiger partial charge in [-0.05, 0) is 57.0 Å². The lowest BCUT2D eigenvalue weighted by Crippen LogP contribution is -2.21. The van der Waals surface area contributed by atoms with Crippen molar-refractivity contribution in [3.63, 3.8) is 0 Å². The summed E-state index contributed by atoms with van der Waals surface area (Å²) in [6.45, 7) is 3.89. The Bertz CT molecular complexity index is 1380. The van der Waals surface area contributed by atoms with Gasteiger partial charge < -0.3 is 29.2 Å². The Morgan fingerprint density at radius 2 is 1.82 bits per heavy atom. The highest BCUT2D eigenvalue weighted by molar-refractivity contribution is 5.68. The lowest BCUT2D eigenvalue weighted by molar-refractivity contribution is -0.137. The third kappa shape index (κ3) is 6.09. The molecule has 0 saturated heterocycles. The largest absolute Gasteiger partial charge is 0.493 e. The standard InChI is InChI=1S/C30H30F2O7/c1-30(2,35)11-12-36-18-4-7-22(31)27(14-18)39-24-10-8-23(32)29-21(24)6-9-25(29)38-19-3-5-20-17(13-28(33)34)16-37-26(20)15-19/h3-5,7-8,10,14-15,17,25,35H,6,9,11-13,16H2,1-2H3,(H,33,34)/t17-,25-/m1/s1. The van der Waals surface area contributed by atoms with E-state index in [1.807, 2.05) is 0 Å². The fourth-order valence-corrected chi connectivity index (χ4v) is 4.92. The summed E-state index contributed by atoms with van der Waals surface area (Å²) in [7, 11) is 0. The van der Waals surface area contributed by atoms with Crippen LogP contribution in [0.4, 0.5) is 8.78 Å².